The van der Waals surface area contributed by atoms with E-state index in [0.717, 1.165) is 5.56 Å². The van der Waals surface area contributed by atoms with Gasteiger partial charge in [0.15, 0.2) is 5.82 Å². The third-order valence-electron chi connectivity index (χ3n) is 3.00. The van der Waals surface area contributed by atoms with Crippen LogP contribution in [0.5, 0.6) is 0 Å². The van der Waals surface area contributed by atoms with Gasteiger partial charge in [-0.2, -0.15) is 4.98 Å². The molecule has 114 valence electrons. The lowest BCUT2D eigenvalue weighted by Gasteiger charge is -2.08. The number of aliphatic hydroxyl groups is 1. The average Bonchev–Trinajstić information content (AvgIpc) is 2.84. The molecule has 0 unspecified atom stereocenters. The molecule has 8 heteroatoms. The Morgan fingerprint density at radius 2 is 2.10 bits per heavy atom. The lowest BCUT2D eigenvalue weighted by molar-refractivity contribution is 0.280. The minimum absolute atomic E-state index is 0.124. The smallest absolute Gasteiger partial charge is 0.240 e. The van der Waals surface area contributed by atoms with Gasteiger partial charge in [-0.3, -0.25) is 0 Å². The molecule has 2 rings (SSSR count). The summed E-state index contributed by atoms with van der Waals surface area (Å²) >= 11 is 0. The summed E-state index contributed by atoms with van der Waals surface area (Å²) in [5.74, 6) is 0.897. The first-order valence-corrected chi connectivity index (χ1v) is 7.90. The van der Waals surface area contributed by atoms with E-state index in [1.165, 1.54) is 12.1 Å². The second kappa shape index (κ2) is 6.33. The van der Waals surface area contributed by atoms with Gasteiger partial charge < -0.3 is 9.63 Å². The van der Waals surface area contributed by atoms with Crippen molar-refractivity contribution in [2.45, 2.75) is 31.8 Å². The number of hydrogen-bond donors (Lipinski definition) is 2. The van der Waals surface area contributed by atoms with Gasteiger partial charge in [0.2, 0.25) is 15.9 Å². The zero-order valence-corrected chi connectivity index (χ0v) is 12.6. The van der Waals surface area contributed by atoms with Crippen molar-refractivity contribution >= 4 is 10.0 Å². The normalized spacial score (nSPS) is 11.8. The predicted molar refractivity (Wildman–Crippen MR) is 75.0 cm³/mol. The number of nitrogens with zero attached hydrogens (tertiary/aromatic N) is 2. The Bertz CT molecular complexity index is 725. The third kappa shape index (κ3) is 3.87. The van der Waals surface area contributed by atoms with Crippen LogP contribution in [0.3, 0.4) is 0 Å². The minimum Gasteiger partial charge on any atom is -0.392 e. The molecule has 0 spiro atoms. The van der Waals surface area contributed by atoms with Crippen LogP contribution in [-0.4, -0.2) is 30.2 Å². The predicted octanol–water partition coefficient (Wildman–Crippen LogP) is 0.700. The van der Waals surface area contributed by atoms with Crippen molar-refractivity contribution < 1.29 is 18.0 Å². The molecular weight excluding hydrogens is 294 g/mol. The molecule has 0 bridgehead atoms. The SMILES string of the molecule is Cc1noc(CCNS(=O)(=O)c2ccc(C)c(CO)c2)n1. The van der Waals surface area contributed by atoms with Gasteiger partial charge in [-0.25, -0.2) is 13.1 Å². The van der Waals surface area contributed by atoms with Crippen LogP contribution in [-0.2, 0) is 23.1 Å². The fourth-order valence-electron chi connectivity index (χ4n) is 1.80. The highest BCUT2D eigenvalue weighted by Gasteiger charge is 2.15. The van der Waals surface area contributed by atoms with Gasteiger partial charge in [0.1, 0.15) is 0 Å². The zero-order chi connectivity index (χ0) is 15.5. The monoisotopic (exact) mass is 311 g/mol. The van der Waals surface area contributed by atoms with Gasteiger partial charge in [-0.1, -0.05) is 11.2 Å². The quantitative estimate of drug-likeness (QED) is 0.813. The van der Waals surface area contributed by atoms with Crippen LogP contribution in [0.25, 0.3) is 0 Å². The first-order valence-electron chi connectivity index (χ1n) is 6.41. The Labute approximate surface area is 123 Å². The summed E-state index contributed by atoms with van der Waals surface area (Å²) in [5, 5.41) is 12.8. The molecule has 2 aromatic rings. The fourth-order valence-corrected chi connectivity index (χ4v) is 2.88. The topological polar surface area (TPSA) is 105 Å². The van der Waals surface area contributed by atoms with Crippen LogP contribution in [0.4, 0.5) is 0 Å². The van der Waals surface area contributed by atoms with Crippen molar-refractivity contribution in [2.24, 2.45) is 0 Å². The first-order chi connectivity index (χ1) is 9.92. The van der Waals surface area contributed by atoms with E-state index in [0.29, 0.717) is 23.7 Å². The lowest BCUT2D eigenvalue weighted by atomic mass is 10.1. The van der Waals surface area contributed by atoms with Crippen molar-refractivity contribution in [1.82, 2.24) is 14.9 Å². The molecule has 0 aliphatic carbocycles. The Hall–Kier alpha value is -1.77. The van der Waals surface area contributed by atoms with E-state index < -0.39 is 10.0 Å². The molecule has 1 aromatic carbocycles. The maximum Gasteiger partial charge on any atom is 0.240 e. The largest absolute Gasteiger partial charge is 0.392 e. The van der Waals surface area contributed by atoms with Crippen molar-refractivity contribution in [3.63, 3.8) is 0 Å². The lowest BCUT2D eigenvalue weighted by Crippen LogP contribution is -2.26. The summed E-state index contributed by atoms with van der Waals surface area (Å²) in [6.45, 7) is 3.47. The maximum atomic E-state index is 12.1. The summed E-state index contributed by atoms with van der Waals surface area (Å²) in [7, 11) is -3.62. The van der Waals surface area contributed by atoms with Crippen molar-refractivity contribution in [3.8, 4) is 0 Å². The van der Waals surface area contributed by atoms with Crippen LogP contribution < -0.4 is 4.72 Å². The average molecular weight is 311 g/mol. The Kier molecular flexibility index (Phi) is 4.71. The number of rotatable bonds is 6. The van der Waals surface area contributed by atoms with Crippen LogP contribution in [0.2, 0.25) is 0 Å². The van der Waals surface area contributed by atoms with E-state index in [9.17, 15) is 13.5 Å². The second-order valence-electron chi connectivity index (χ2n) is 4.63. The van der Waals surface area contributed by atoms with E-state index in [1.54, 1.807) is 13.0 Å². The number of nitrogens with one attached hydrogen (secondary N) is 1. The third-order valence-corrected chi connectivity index (χ3v) is 4.46. The highest BCUT2D eigenvalue weighted by Crippen LogP contribution is 2.15. The van der Waals surface area contributed by atoms with Gasteiger partial charge in [-0.05, 0) is 37.1 Å². The molecule has 0 fully saturated rings. The molecule has 0 aliphatic rings. The zero-order valence-electron chi connectivity index (χ0n) is 11.8. The summed E-state index contributed by atoms with van der Waals surface area (Å²) in [6, 6.07) is 4.64. The standard InChI is InChI=1S/C13H17N3O4S/c1-9-3-4-12(7-11(9)8-17)21(18,19)14-6-5-13-15-10(2)16-20-13/h3-4,7,14,17H,5-6,8H2,1-2H3. The number of aryl methyl sites for hydroxylation is 2. The van der Waals surface area contributed by atoms with Crippen LogP contribution in [0, 0.1) is 13.8 Å². The second-order valence-corrected chi connectivity index (χ2v) is 6.40. The van der Waals surface area contributed by atoms with Gasteiger partial charge in [-0.15, -0.1) is 0 Å². The van der Waals surface area contributed by atoms with Gasteiger partial charge in [0, 0.05) is 13.0 Å². The maximum absolute atomic E-state index is 12.1. The number of benzene rings is 1. The highest BCUT2D eigenvalue weighted by atomic mass is 32.2. The summed E-state index contributed by atoms with van der Waals surface area (Å²) in [4.78, 5) is 4.12. The number of aliphatic hydroxyl groups excluding tert-OH is 1. The number of sulfonamides is 1. The Morgan fingerprint density at radius 1 is 1.33 bits per heavy atom. The van der Waals surface area contributed by atoms with Crippen molar-refractivity contribution in [1.29, 1.82) is 0 Å². The van der Waals surface area contributed by atoms with E-state index in [2.05, 4.69) is 14.9 Å². The molecule has 0 atom stereocenters. The van der Waals surface area contributed by atoms with Gasteiger partial charge >= 0.3 is 0 Å². The molecule has 0 saturated carbocycles. The van der Waals surface area contributed by atoms with Crippen LogP contribution >= 0.6 is 0 Å². The van der Waals surface area contributed by atoms with Crippen LogP contribution in [0.15, 0.2) is 27.6 Å². The van der Waals surface area contributed by atoms with E-state index in [4.69, 9.17) is 4.52 Å². The molecule has 1 heterocycles. The minimum atomic E-state index is -3.62. The number of aromatic nitrogens is 2. The number of hydrogen-bond acceptors (Lipinski definition) is 6. The van der Waals surface area contributed by atoms with E-state index in [1.807, 2.05) is 6.92 Å². The van der Waals surface area contributed by atoms with E-state index >= 15 is 0 Å². The molecule has 0 saturated heterocycles. The molecule has 2 N–H and O–H groups in total. The molecule has 0 aliphatic heterocycles. The molecule has 21 heavy (non-hydrogen) atoms. The summed E-state index contributed by atoms with van der Waals surface area (Å²) < 4.78 is 31.7. The first kappa shape index (κ1) is 15.6. The molecule has 1 aromatic heterocycles. The summed E-state index contributed by atoms with van der Waals surface area (Å²) in [5.41, 5.74) is 1.43. The van der Waals surface area contributed by atoms with Crippen molar-refractivity contribution in [3.05, 3.63) is 41.0 Å². The molecule has 0 amide bonds. The fraction of sp³-hybridized carbons (Fsp3) is 0.385. The van der Waals surface area contributed by atoms with Gasteiger partial charge in [0.05, 0.1) is 11.5 Å². The highest BCUT2D eigenvalue weighted by molar-refractivity contribution is 7.89. The molecule has 0 radical (unpaired) electrons. The van der Waals surface area contributed by atoms with E-state index in [-0.39, 0.29) is 18.0 Å². The Balaban J connectivity index is 2.04. The van der Waals surface area contributed by atoms with Gasteiger partial charge in [0.25, 0.3) is 0 Å². The summed E-state index contributed by atoms with van der Waals surface area (Å²) in [6.07, 6.45) is 0.318. The molecule has 7 nitrogen and oxygen atoms in total. The molecular formula is C13H17N3O4S. The van der Waals surface area contributed by atoms with Crippen molar-refractivity contribution in [2.75, 3.05) is 6.54 Å². The van der Waals surface area contributed by atoms with Crippen LogP contribution in [0.1, 0.15) is 22.8 Å². The Morgan fingerprint density at radius 3 is 2.71 bits per heavy atom.